The van der Waals surface area contributed by atoms with E-state index in [4.69, 9.17) is 0 Å². The number of benzene rings is 1. The van der Waals surface area contributed by atoms with Crippen LogP contribution in [0.4, 0.5) is 0 Å². The van der Waals surface area contributed by atoms with Crippen LogP contribution in [0.25, 0.3) is 0 Å². The molecule has 2 rings (SSSR count). The van der Waals surface area contributed by atoms with Crippen LogP contribution in [0, 0.1) is 5.92 Å². The van der Waals surface area contributed by atoms with E-state index < -0.39 is 12.0 Å². The van der Waals surface area contributed by atoms with Gasteiger partial charge in [-0.25, -0.2) is 4.79 Å². The number of carboxylic acids is 1. The van der Waals surface area contributed by atoms with Gasteiger partial charge < -0.3 is 15.3 Å². The fourth-order valence-electron chi connectivity index (χ4n) is 3.28. The average Bonchev–Trinajstić information content (AvgIpc) is 2.67. The Hall–Kier alpha value is -2.37. The zero-order valence-electron chi connectivity index (χ0n) is 15.3. The molecule has 0 aromatic heterocycles. The van der Waals surface area contributed by atoms with Gasteiger partial charge in [0.15, 0.2) is 0 Å². The minimum Gasteiger partial charge on any atom is -0.480 e. The van der Waals surface area contributed by atoms with Crippen LogP contribution in [0.5, 0.6) is 0 Å². The van der Waals surface area contributed by atoms with Crippen molar-refractivity contribution < 1.29 is 19.5 Å². The fraction of sp³-hybridized carbons (Fsp3) is 0.550. The number of unbranched alkanes of at least 4 members (excludes halogenated alkanes) is 2. The van der Waals surface area contributed by atoms with E-state index in [1.165, 1.54) is 0 Å². The topological polar surface area (TPSA) is 86.7 Å². The first-order valence-electron chi connectivity index (χ1n) is 9.40. The number of amides is 2. The van der Waals surface area contributed by atoms with Crippen molar-refractivity contribution in [1.29, 1.82) is 0 Å². The van der Waals surface area contributed by atoms with Crippen molar-refractivity contribution >= 4 is 17.8 Å². The number of rotatable bonds is 8. The van der Waals surface area contributed by atoms with E-state index in [2.05, 4.69) is 12.2 Å². The average molecular weight is 360 g/mol. The Morgan fingerprint density at radius 2 is 1.96 bits per heavy atom. The van der Waals surface area contributed by atoms with E-state index in [0.717, 1.165) is 25.7 Å². The van der Waals surface area contributed by atoms with Crippen molar-refractivity contribution in [3.63, 3.8) is 0 Å². The maximum Gasteiger partial charge on any atom is 0.326 e. The minimum absolute atomic E-state index is 0.0826. The number of likely N-dealkylation sites (tertiary alicyclic amines) is 1. The lowest BCUT2D eigenvalue weighted by molar-refractivity contribution is -0.143. The predicted molar refractivity (Wildman–Crippen MR) is 98.8 cm³/mol. The number of carbonyl (C=O) groups is 3. The van der Waals surface area contributed by atoms with Crippen LogP contribution in [0.3, 0.4) is 0 Å². The second-order valence-corrected chi connectivity index (χ2v) is 6.85. The molecule has 1 fully saturated rings. The zero-order chi connectivity index (χ0) is 18.9. The summed E-state index contributed by atoms with van der Waals surface area (Å²) in [6.07, 6.45) is 4.57. The van der Waals surface area contributed by atoms with Gasteiger partial charge in [0.05, 0.1) is 5.92 Å². The molecule has 26 heavy (non-hydrogen) atoms. The summed E-state index contributed by atoms with van der Waals surface area (Å²) in [5.41, 5.74) is 0.608. The van der Waals surface area contributed by atoms with Gasteiger partial charge in [-0.2, -0.15) is 0 Å². The van der Waals surface area contributed by atoms with Crippen molar-refractivity contribution in [2.24, 2.45) is 5.92 Å². The van der Waals surface area contributed by atoms with Gasteiger partial charge >= 0.3 is 5.97 Å². The van der Waals surface area contributed by atoms with Crippen LogP contribution in [-0.2, 0) is 9.59 Å². The molecule has 1 aromatic rings. The number of carboxylic acid groups (broad SMARTS) is 1. The third-order valence-corrected chi connectivity index (χ3v) is 4.81. The number of hydrogen-bond donors (Lipinski definition) is 2. The molecule has 2 N–H and O–H groups in total. The second kappa shape index (κ2) is 9.94. The zero-order valence-corrected chi connectivity index (χ0v) is 15.3. The van der Waals surface area contributed by atoms with E-state index in [1.807, 2.05) is 18.2 Å². The van der Waals surface area contributed by atoms with Gasteiger partial charge in [0.25, 0.3) is 5.91 Å². The lowest BCUT2D eigenvalue weighted by Crippen LogP contribution is -2.49. The maximum atomic E-state index is 12.6. The van der Waals surface area contributed by atoms with Crippen LogP contribution in [-0.4, -0.2) is 46.9 Å². The van der Waals surface area contributed by atoms with Crippen molar-refractivity contribution in [2.75, 3.05) is 13.1 Å². The Balaban J connectivity index is 1.94. The summed E-state index contributed by atoms with van der Waals surface area (Å²) < 4.78 is 0. The number of carbonyl (C=O) groups excluding carboxylic acids is 2. The standard InChI is InChI=1S/C20H28N2O4/c1-2-3-5-12-17(20(25)26)21-18(23)16-11-8-13-22(14-16)19(24)15-9-6-4-7-10-15/h4,6-7,9-10,16-17H,2-3,5,8,11-14H2,1H3,(H,21,23)(H,25,26). The number of piperidine rings is 1. The molecule has 0 radical (unpaired) electrons. The third kappa shape index (κ3) is 5.58. The van der Waals surface area contributed by atoms with Gasteiger partial charge in [-0.05, 0) is 31.4 Å². The molecule has 0 aliphatic carbocycles. The van der Waals surface area contributed by atoms with Crippen LogP contribution in [0.1, 0.15) is 55.8 Å². The lowest BCUT2D eigenvalue weighted by Gasteiger charge is -2.32. The Morgan fingerprint density at radius 1 is 1.23 bits per heavy atom. The molecule has 1 aromatic carbocycles. The van der Waals surface area contributed by atoms with Crippen molar-refractivity contribution in [1.82, 2.24) is 10.2 Å². The van der Waals surface area contributed by atoms with Crippen LogP contribution in [0.15, 0.2) is 30.3 Å². The molecule has 6 nitrogen and oxygen atoms in total. The molecule has 1 saturated heterocycles. The number of aliphatic carboxylic acids is 1. The van der Waals surface area contributed by atoms with Crippen molar-refractivity contribution in [3.8, 4) is 0 Å². The summed E-state index contributed by atoms with van der Waals surface area (Å²) in [6, 6.07) is 8.16. The first-order chi connectivity index (χ1) is 12.5. The summed E-state index contributed by atoms with van der Waals surface area (Å²) >= 11 is 0. The van der Waals surface area contributed by atoms with E-state index in [1.54, 1.807) is 17.0 Å². The Kier molecular flexibility index (Phi) is 7.63. The molecule has 1 aliphatic heterocycles. The third-order valence-electron chi connectivity index (χ3n) is 4.81. The molecule has 1 aliphatic rings. The summed E-state index contributed by atoms with van der Waals surface area (Å²) in [6.45, 7) is 3.01. The van der Waals surface area contributed by atoms with Crippen LogP contribution in [0.2, 0.25) is 0 Å². The van der Waals surface area contributed by atoms with Gasteiger partial charge in [0.2, 0.25) is 5.91 Å². The normalized spacial score (nSPS) is 18.2. The molecule has 142 valence electrons. The van der Waals surface area contributed by atoms with E-state index >= 15 is 0 Å². The second-order valence-electron chi connectivity index (χ2n) is 6.85. The molecular formula is C20H28N2O4. The largest absolute Gasteiger partial charge is 0.480 e. The molecular weight excluding hydrogens is 332 g/mol. The quantitative estimate of drug-likeness (QED) is 0.698. The number of hydrogen-bond acceptors (Lipinski definition) is 3. The van der Waals surface area contributed by atoms with E-state index in [9.17, 15) is 19.5 Å². The van der Waals surface area contributed by atoms with Crippen LogP contribution < -0.4 is 5.32 Å². The maximum absolute atomic E-state index is 12.6. The van der Waals surface area contributed by atoms with Gasteiger partial charge in [-0.3, -0.25) is 9.59 Å². The Labute approximate surface area is 154 Å². The van der Waals surface area contributed by atoms with Gasteiger partial charge in [0.1, 0.15) is 6.04 Å². The summed E-state index contributed by atoms with van der Waals surface area (Å²) in [5.74, 6) is -1.70. The molecule has 0 spiro atoms. The lowest BCUT2D eigenvalue weighted by atomic mass is 9.95. The highest BCUT2D eigenvalue weighted by molar-refractivity contribution is 5.94. The summed E-state index contributed by atoms with van der Waals surface area (Å²) in [5, 5.41) is 12.0. The summed E-state index contributed by atoms with van der Waals surface area (Å²) in [7, 11) is 0. The van der Waals surface area contributed by atoms with Gasteiger partial charge in [0, 0.05) is 18.7 Å². The van der Waals surface area contributed by atoms with Crippen LogP contribution >= 0.6 is 0 Å². The predicted octanol–water partition coefficient (Wildman–Crippen LogP) is 2.69. The van der Waals surface area contributed by atoms with Gasteiger partial charge in [-0.1, -0.05) is 44.4 Å². The van der Waals surface area contributed by atoms with Gasteiger partial charge in [-0.15, -0.1) is 0 Å². The molecule has 2 amide bonds. The molecule has 0 bridgehead atoms. The summed E-state index contributed by atoms with van der Waals surface area (Å²) in [4.78, 5) is 38.2. The smallest absolute Gasteiger partial charge is 0.326 e. The highest BCUT2D eigenvalue weighted by Crippen LogP contribution is 2.19. The Morgan fingerprint density at radius 3 is 2.62 bits per heavy atom. The number of nitrogens with one attached hydrogen (secondary N) is 1. The molecule has 2 atom stereocenters. The highest BCUT2D eigenvalue weighted by atomic mass is 16.4. The highest BCUT2D eigenvalue weighted by Gasteiger charge is 2.31. The number of nitrogens with zero attached hydrogens (tertiary/aromatic N) is 1. The minimum atomic E-state index is -0.998. The fourth-order valence-corrected chi connectivity index (χ4v) is 3.28. The van der Waals surface area contributed by atoms with Crippen molar-refractivity contribution in [3.05, 3.63) is 35.9 Å². The first kappa shape index (κ1) is 19.9. The molecule has 6 heteroatoms. The van der Waals surface area contributed by atoms with E-state index in [-0.39, 0.29) is 17.7 Å². The Bertz CT molecular complexity index is 617. The molecule has 0 saturated carbocycles. The van der Waals surface area contributed by atoms with Crippen molar-refractivity contribution in [2.45, 2.75) is 51.5 Å². The molecule has 1 heterocycles. The monoisotopic (exact) mass is 360 g/mol. The first-order valence-corrected chi connectivity index (χ1v) is 9.40. The molecule has 2 unspecified atom stereocenters. The van der Waals surface area contributed by atoms with E-state index in [0.29, 0.717) is 31.5 Å². The SMILES string of the molecule is CCCCCC(NC(=O)C1CCCN(C(=O)c2ccccc2)C1)C(=O)O.